The summed E-state index contributed by atoms with van der Waals surface area (Å²) in [6, 6.07) is 0. The van der Waals surface area contributed by atoms with Gasteiger partial charge in [-0.25, -0.2) is 0 Å². The molecule has 0 atom stereocenters. The molecule has 2 aliphatic carbocycles. The fraction of sp³-hybridized carbons (Fsp3) is 0.938. The first-order valence-electron chi connectivity index (χ1n) is 8.12. The number of alkyl halides is 1. The van der Waals surface area contributed by atoms with Gasteiger partial charge in [-0.2, -0.15) is 0 Å². The first-order valence-corrected chi connectivity index (χ1v) is 8.65. The zero-order chi connectivity index (χ0) is 14.4. The normalized spacial score (nSPS) is 28.7. The number of ether oxygens (including phenoxy) is 1. The van der Waals surface area contributed by atoms with E-state index >= 15 is 0 Å². The summed E-state index contributed by atoms with van der Waals surface area (Å²) in [5.41, 5.74) is 0.156. The van der Waals surface area contributed by atoms with Gasteiger partial charge >= 0.3 is 0 Å². The predicted molar refractivity (Wildman–Crippen MR) is 82.0 cm³/mol. The molecule has 2 saturated carbocycles. The van der Waals surface area contributed by atoms with Gasteiger partial charge in [0.1, 0.15) is 0 Å². The van der Waals surface area contributed by atoms with E-state index in [0.717, 1.165) is 38.8 Å². The van der Waals surface area contributed by atoms with E-state index in [2.05, 4.69) is 5.32 Å². The maximum Gasteiger partial charge on any atom is 0.220 e. The number of nitrogens with one attached hydrogen (secondary N) is 1. The lowest BCUT2D eigenvalue weighted by Gasteiger charge is -2.37. The van der Waals surface area contributed by atoms with E-state index in [9.17, 15) is 4.79 Å². The van der Waals surface area contributed by atoms with Crippen molar-refractivity contribution in [1.29, 1.82) is 0 Å². The van der Waals surface area contributed by atoms with E-state index in [-0.39, 0.29) is 11.3 Å². The zero-order valence-electron chi connectivity index (χ0n) is 12.6. The largest absolute Gasteiger partial charge is 0.378 e. The minimum absolute atomic E-state index is 0.156. The average molecular weight is 302 g/mol. The molecule has 2 fully saturated rings. The van der Waals surface area contributed by atoms with Gasteiger partial charge in [-0.05, 0) is 38.5 Å². The SMILES string of the molecule is CCOC1CC(CC(=O)NCC2(CCl)CCCCC2)C1. The van der Waals surface area contributed by atoms with Crippen molar-refractivity contribution in [2.24, 2.45) is 11.3 Å². The van der Waals surface area contributed by atoms with Crippen LogP contribution in [0.15, 0.2) is 0 Å². The summed E-state index contributed by atoms with van der Waals surface area (Å²) >= 11 is 6.15. The second-order valence-electron chi connectivity index (χ2n) is 6.59. The van der Waals surface area contributed by atoms with E-state index in [1.165, 1.54) is 19.3 Å². The van der Waals surface area contributed by atoms with Crippen molar-refractivity contribution in [1.82, 2.24) is 5.32 Å². The van der Waals surface area contributed by atoms with Gasteiger partial charge in [-0.3, -0.25) is 4.79 Å². The monoisotopic (exact) mass is 301 g/mol. The minimum atomic E-state index is 0.156. The number of hydrogen-bond donors (Lipinski definition) is 1. The van der Waals surface area contributed by atoms with E-state index in [1.54, 1.807) is 0 Å². The highest BCUT2D eigenvalue weighted by molar-refractivity contribution is 6.18. The van der Waals surface area contributed by atoms with Gasteiger partial charge in [0.05, 0.1) is 6.10 Å². The Morgan fingerprint density at radius 2 is 2.00 bits per heavy atom. The molecule has 0 saturated heterocycles. The molecule has 20 heavy (non-hydrogen) atoms. The molecule has 0 unspecified atom stereocenters. The molecule has 0 bridgehead atoms. The smallest absolute Gasteiger partial charge is 0.220 e. The molecule has 1 N–H and O–H groups in total. The Hall–Kier alpha value is -0.280. The standard InChI is InChI=1S/C16H28ClNO2/c1-2-20-14-8-13(9-14)10-15(19)18-12-16(11-17)6-4-3-5-7-16/h13-14H,2-12H2,1H3,(H,18,19). The first kappa shape index (κ1) is 16.1. The quantitative estimate of drug-likeness (QED) is 0.731. The second kappa shape index (κ2) is 7.65. The molecule has 0 aromatic heterocycles. The molecule has 2 aliphatic rings. The molecule has 116 valence electrons. The van der Waals surface area contributed by atoms with Crippen LogP contribution in [0.4, 0.5) is 0 Å². The van der Waals surface area contributed by atoms with Crippen LogP contribution in [-0.2, 0) is 9.53 Å². The number of halogens is 1. The average Bonchev–Trinajstić information content (AvgIpc) is 2.44. The van der Waals surface area contributed by atoms with Crippen LogP contribution in [0.1, 0.15) is 58.3 Å². The van der Waals surface area contributed by atoms with Crippen molar-refractivity contribution in [2.45, 2.75) is 64.4 Å². The lowest BCUT2D eigenvalue weighted by molar-refractivity contribution is -0.124. The molecular formula is C16H28ClNO2. The van der Waals surface area contributed by atoms with E-state index in [4.69, 9.17) is 16.3 Å². The van der Waals surface area contributed by atoms with Crippen LogP contribution >= 0.6 is 11.6 Å². The summed E-state index contributed by atoms with van der Waals surface area (Å²) in [4.78, 5) is 12.0. The number of hydrogen-bond acceptors (Lipinski definition) is 2. The van der Waals surface area contributed by atoms with Crippen LogP contribution < -0.4 is 5.32 Å². The molecule has 3 nitrogen and oxygen atoms in total. The topological polar surface area (TPSA) is 38.3 Å². The highest BCUT2D eigenvalue weighted by atomic mass is 35.5. The van der Waals surface area contributed by atoms with E-state index in [0.29, 0.717) is 24.3 Å². The highest BCUT2D eigenvalue weighted by Crippen LogP contribution is 2.37. The van der Waals surface area contributed by atoms with Gasteiger partial charge < -0.3 is 10.1 Å². The van der Waals surface area contributed by atoms with Gasteiger partial charge in [0.2, 0.25) is 5.91 Å². The second-order valence-corrected chi connectivity index (χ2v) is 6.86. The summed E-state index contributed by atoms with van der Waals surface area (Å²) in [6.45, 7) is 3.56. The molecule has 0 heterocycles. The van der Waals surface area contributed by atoms with Crippen molar-refractivity contribution in [3.8, 4) is 0 Å². The first-order chi connectivity index (χ1) is 9.67. The van der Waals surface area contributed by atoms with Crippen molar-refractivity contribution >= 4 is 17.5 Å². The van der Waals surface area contributed by atoms with Crippen LogP contribution in [0.3, 0.4) is 0 Å². The fourth-order valence-corrected chi connectivity index (χ4v) is 3.85. The Kier molecular flexibility index (Phi) is 6.16. The van der Waals surface area contributed by atoms with Gasteiger partial charge in [0.25, 0.3) is 0 Å². The Morgan fingerprint density at radius 3 is 2.60 bits per heavy atom. The summed E-state index contributed by atoms with van der Waals surface area (Å²) in [5, 5.41) is 3.13. The maximum atomic E-state index is 12.0. The summed E-state index contributed by atoms with van der Waals surface area (Å²) < 4.78 is 5.53. The zero-order valence-corrected chi connectivity index (χ0v) is 13.4. The van der Waals surface area contributed by atoms with Crippen LogP contribution in [0.25, 0.3) is 0 Å². The number of rotatable bonds is 7. The molecule has 0 radical (unpaired) electrons. The van der Waals surface area contributed by atoms with Crippen molar-refractivity contribution < 1.29 is 9.53 Å². The van der Waals surface area contributed by atoms with Gasteiger partial charge in [-0.1, -0.05) is 19.3 Å². The number of carbonyl (C=O) groups excluding carboxylic acids is 1. The lowest BCUT2D eigenvalue weighted by atomic mass is 9.75. The fourth-order valence-electron chi connectivity index (χ4n) is 3.49. The van der Waals surface area contributed by atoms with Crippen molar-refractivity contribution in [3.63, 3.8) is 0 Å². The van der Waals surface area contributed by atoms with E-state index < -0.39 is 0 Å². The van der Waals surface area contributed by atoms with Gasteiger partial charge in [0, 0.05) is 30.9 Å². The number of amides is 1. The van der Waals surface area contributed by atoms with Crippen molar-refractivity contribution in [3.05, 3.63) is 0 Å². The number of carbonyl (C=O) groups is 1. The van der Waals surface area contributed by atoms with Gasteiger partial charge in [0.15, 0.2) is 0 Å². The predicted octanol–water partition coefficient (Wildman–Crippen LogP) is 3.50. The Balaban J connectivity index is 1.65. The molecule has 0 aromatic carbocycles. The van der Waals surface area contributed by atoms with Gasteiger partial charge in [-0.15, -0.1) is 11.6 Å². The Morgan fingerprint density at radius 1 is 1.30 bits per heavy atom. The van der Waals surface area contributed by atoms with Crippen LogP contribution in [0.5, 0.6) is 0 Å². The Labute approximate surface area is 127 Å². The molecule has 0 aromatic rings. The molecule has 2 rings (SSSR count). The third-order valence-corrected chi connectivity index (χ3v) is 5.49. The lowest BCUT2D eigenvalue weighted by Crippen LogP contribution is -2.42. The Bertz CT molecular complexity index is 310. The molecule has 0 spiro atoms. The van der Waals surface area contributed by atoms with E-state index in [1.807, 2.05) is 6.92 Å². The third kappa shape index (κ3) is 4.36. The van der Waals surface area contributed by atoms with Crippen molar-refractivity contribution in [2.75, 3.05) is 19.0 Å². The summed E-state index contributed by atoms with van der Waals surface area (Å²) in [7, 11) is 0. The molecule has 4 heteroatoms. The molecule has 0 aliphatic heterocycles. The summed E-state index contributed by atoms with van der Waals surface area (Å²) in [6.07, 6.45) is 9.27. The maximum absolute atomic E-state index is 12.0. The molecular weight excluding hydrogens is 274 g/mol. The van der Waals surface area contributed by atoms with Crippen LogP contribution in [0.2, 0.25) is 0 Å². The third-order valence-electron chi connectivity index (χ3n) is 4.93. The minimum Gasteiger partial charge on any atom is -0.378 e. The van der Waals surface area contributed by atoms with Crippen LogP contribution in [0, 0.1) is 11.3 Å². The van der Waals surface area contributed by atoms with Crippen LogP contribution in [-0.4, -0.2) is 31.0 Å². The highest BCUT2D eigenvalue weighted by Gasteiger charge is 2.33. The summed E-state index contributed by atoms with van der Waals surface area (Å²) in [5.74, 6) is 1.38. The molecule has 1 amide bonds.